The van der Waals surface area contributed by atoms with Crippen molar-refractivity contribution in [2.75, 3.05) is 20.1 Å². The van der Waals surface area contributed by atoms with Crippen LogP contribution in [0.25, 0.3) is 0 Å². The van der Waals surface area contributed by atoms with E-state index < -0.39 is 0 Å². The summed E-state index contributed by atoms with van der Waals surface area (Å²) in [6.07, 6.45) is 10.6. The first-order valence-corrected chi connectivity index (χ1v) is 6.75. The Morgan fingerprint density at radius 2 is 1.13 bits per heavy atom. The Balaban J connectivity index is 3.40. The largest absolute Gasteiger partial charge is 0.251 e. The summed E-state index contributed by atoms with van der Waals surface area (Å²) in [6, 6.07) is 0. The van der Waals surface area contributed by atoms with Crippen LogP contribution in [0, 0.1) is 0 Å². The molecule has 15 heavy (non-hydrogen) atoms. The summed E-state index contributed by atoms with van der Waals surface area (Å²) in [5.41, 5.74) is 0. The van der Waals surface area contributed by atoms with Gasteiger partial charge in [0, 0.05) is 0 Å². The Hall–Kier alpha value is -0.0800. The maximum atomic E-state index is 6.22. The standard InChI is InChI=1S/C13H31N2/c1-4-6-8-10-12-15(3,14)13-11-9-7-5-2/h4-14H2,1-3H3/q+1. The highest BCUT2D eigenvalue weighted by Gasteiger charge is 2.14. The summed E-state index contributed by atoms with van der Waals surface area (Å²) in [5, 5.41) is 0. The molecule has 2 heteroatoms. The fourth-order valence-corrected chi connectivity index (χ4v) is 1.91. The third-order valence-electron chi connectivity index (χ3n) is 3.04. The molecule has 0 aliphatic carbocycles. The van der Waals surface area contributed by atoms with E-state index in [4.69, 9.17) is 5.84 Å². The second-order valence-corrected chi connectivity index (χ2v) is 5.05. The third-order valence-corrected chi connectivity index (χ3v) is 3.04. The minimum absolute atomic E-state index is 0.730. The molecule has 0 unspecified atom stereocenters. The lowest BCUT2D eigenvalue weighted by atomic mass is 10.1. The molecule has 2 nitrogen and oxygen atoms in total. The molecule has 0 aromatic carbocycles. The Morgan fingerprint density at radius 3 is 1.47 bits per heavy atom. The van der Waals surface area contributed by atoms with Crippen LogP contribution in [0.4, 0.5) is 0 Å². The van der Waals surface area contributed by atoms with Gasteiger partial charge in [-0.2, -0.15) is 5.84 Å². The highest BCUT2D eigenvalue weighted by Crippen LogP contribution is 2.06. The summed E-state index contributed by atoms with van der Waals surface area (Å²) in [4.78, 5) is 0. The average Bonchev–Trinajstić information content (AvgIpc) is 2.20. The highest BCUT2D eigenvalue weighted by atomic mass is 15.6. The van der Waals surface area contributed by atoms with Crippen molar-refractivity contribution in [3.63, 3.8) is 0 Å². The second kappa shape index (κ2) is 9.17. The van der Waals surface area contributed by atoms with Crippen LogP contribution in [-0.2, 0) is 0 Å². The van der Waals surface area contributed by atoms with Crippen LogP contribution in [0.1, 0.15) is 65.2 Å². The zero-order valence-corrected chi connectivity index (χ0v) is 11.1. The molecule has 0 bridgehead atoms. The Kier molecular flexibility index (Phi) is 9.12. The van der Waals surface area contributed by atoms with Crippen molar-refractivity contribution in [1.82, 2.24) is 0 Å². The molecule has 0 amide bonds. The van der Waals surface area contributed by atoms with Gasteiger partial charge in [0.2, 0.25) is 0 Å². The average molecular weight is 215 g/mol. The summed E-state index contributed by atoms with van der Waals surface area (Å²) >= 11 is 0. The number of hydrogen-bond donors (Lipinski definition) is 1. The number of rotatable bonds is 10. The predicted molar refractivity (Wildman–Crippen MR) is 68.4 cm³/mol. The van der Waals surface area contributed by atoms with Gasteiger partial charge in [0.1, 0.15) is 0 Å². The third kappa shape index (κ3) is 10.2. The number of nitrogens with two attached hydrogens (primary N) is 1. The van der Waals surface area contributed by atoms with Crippen LogP contribution in [-0.4, -0.2) is 24.7 Å². The molecule has 0 aliphatic rings. The maximum Gasteiger partial charge on any atom is 0.0958 e. The van der Waals surface area contributed by atoms with Gasteiger partial charge in [0.25, 0.3) is 0 Å². The van der Waals surface area contributed by atoms with Gasteiger partial charge in [-0.25, -0.2) is 0 Å². The fourth-order valence-electron chi connectivity index (χ4n) is 1.91. The van der Waals surface area contributed by atoms with Gasteiger partial charge in [-0.3, -0.25) is 4.59 Å². The molecule has 0 atom stereocenters. The van der Waals surface area contributed by atoms with E-state index in [1.165, 1.54) is 51.4 Å². The summed E-state index contributed by atoms with van der Waals surface area (Å²) in [6.45, 7) is 6.79. The lowest BCUT2D eigenvalue weighted by molar-refractivity contribution is -0.921. The molecule has 0 spiro atoms. The van der Waals surface area contributed by atoms with Crippen molar-refractivity contribution in [1.29, 1.82) is 0 Å². The van der Waals surface area contributed by atoms with Crippen molar-refractivity contribution in [3.05, 3.63) is 0 Å². The van der Waals surface area contributed by atoms with E-state index in [-0.39, 0.29) is 0 Å². The predicted octanol–water partition coefficient (Wildman–Crippen LogP) is 3.47. The molecule has 0 saturated carbocycles. The first-order valence-electron chi connectivity index (χ1n) is 6.75. The minimum Gasteiger partial charge on any atom is -0.251 e. The normalized spacial score (nSPS) is 12.0. The van der Waals surface area contributed by atoms with E-state index in [9.17, 15) is 0 Å². The van der Waals surface area contributed by atoms with Gasteiger partial charge >= 0.3 is 0 Å². The Labute approximate surface area is 96.4 Å². The van der Waals surface area contributed by atoms with Crippen LogP contribution >= 0.6 is 0 Å². The molecule has 0 rings (SSSR count). The summed E-state index contributed by atoms with van der Waals surface area (Å²) in [7, 11) is 2.16. The topological polar surface area (TPSA) is 26.0 Å². The van der Waals surface area contributed by atoms with Crippen molar-refractivity contribution >= 4 is 0 Å². The van der Waals surface area contributed by atoms with Gasteiger partial charge in [-0.1, -0.05) is 39.5 Å². The van der Waals surface area contributed by atoms with Crippen molar-refractivity contribution in [2.45, 2.75) is 65.2 Å². The molecule has 0 aromatic heterocycles. The van der Waals surface area contributed by atoms with E-state index in [1.807, 2.05) is 0 Å². The zero-order valence-electron chi connectivity index (χ0n) is 11.1. The maximum absolute atomic E-state index is 6.22. The zero-order chi connectivity index (χ0) is 11.6. The number of quaternary nitrogens is 1. The van der Waals surface area contributed by atoms with Crippen LogP contribution in [0.3, 0.4) is 0 Å². The monoisotopic (exact) mass is 215 g/mol. The highest BCUT2D eigenvalue weighted by molar-refractivity contribution is 4.43. The Bertz CT molecular complexity index is 118. The van der Waals surface area contributed by atoms with Gasteiger partial charge in [-0.05, 0) is 25.7 Å². The van der Waals surface area contributed by atoms with E-state index in [0.29, 0.717) is 0 Å². The van der Waals surface area contributed by atoms with Crippen LogP contribution in [0.15, 0.2) is 0 Å². The minimum atomic E-state index is 0.730. The molecule has 0 fully saturated rings. The molecule has 2 N–H and O–H groups in total. The quantitative estimate of drug-likeness (QED) is 0.257. The summed E-state index contributed by atoms with van der Waals surface area (Å²) in [5.74, 6) is 6.22. The summed E-state index contributed by atoms with van der Waals surface area (Å²) < 4.78 is 0.730. The van der Waals surface area contributed by atoms with E-state index in [1.54, 1.807) is 0 Å². The van der Waals surface area contributed by atoms with Crippen molar-refractivity contribution < 1.29 is 4.59 Å². The van der Waals surface area contributed by atoms with Crippen LogP contribution in [0.2, 0.25) is 0 Å². The number of unbranched alkanes of at least 4 members (excludes halogenated alkanes) is 6. The van der Waals surface area contributed by atoms with Gasteiger partial charge in [0.05, 0.1) is 20.1 Å². The van der Waals surface area contributed by atoms with E-state index >= 15 is 0 Å². The van der Waals surface area contributed by atoms with E-state index in [0.717, 1.165) is 17.7 Å². The molecule has 0 aliphatic heterocycles. The second-order valence-electron chi connectivity index (χ2n) is 5.05. The molecular formula is C13H31N2+. The fraction of sp³-hybridized carbons (Fsp3) is 1.00. The van der Waals surface area contributed by atoms with Gasteiger partial charge in [-0.15, -0.1) is 0 Å². The van der Waals surface area contributed by atoms with Crippen LogP contribution in [0.5, 0.6) is 0 Å². The molecule has 0 aromatic rings. The first-order chi connectivity index (χ1) is 7.12. The first kappa shape index (κ1) is 14.9. The molecular weight excluding hydrogens is 184 g/mol. The lowest BCUT2D eigenvalue weighted by Crippen LogP contribution is -2.51. The van der Waals surface area contributed by atoms with Crippen molar-refractivity contribution in [3.8, 4) is 0 Å². The lowest BCUT2D eigenvalue weighted by Gasteiger charge is -2.28. The van der Waals surface area contributed by atoms with Gasteiger partial charge in [0.15, 0.2) is 0 Å². The number of hydrogen-bond acceptors (Lipinski definition) is 1. The van der Waals surface area contributed by atoms with Crippen LogP contribution < -0.4 is 5.84 Å². The molecule has 92 valence electrons. The SMILES string of the molecule is CCCCCC[N+](C)(N)CCCCCC. The molecule has 0 saturated heterocycles. The molecule has 0 heterocycles. The van der Waals surface area contributed by atoms with Crippen molar-refractivity contribution in [2.24, 2.45) is 5.84 Å². The Morgan fingerprint density at radius 1 is 0.733 bits per heavy atom. The smallest absolute Gasteiger partial charge is 0.0958 e. The molecule has 0 radical (unpaired) electrons. The number of nitrogens with zero attached hydrogens (tertiary/aromatic N) is 1. The van der Waals surface area contributed by atoms with E-state index in [2.05, 4.69) is 20.9 Å². The van der Waals surface area contributed by atoms with Gasteiger partial charge < -0.3 is 0 Å².